The van der Waals surface area contributed by atoms with Crippen molar-refractivity contribution in [2.45, 2.75) is 51.6 Å². The summed E-state index contributed by atoms with van der Waals surface area (Å²) in [6.45, 7) is 3.80. The topological polar surface area (TPSA) is 76.7 Å². The van der Waals surface area contributed by atoms with Crippen LogP contribution in [0.25, 0.3) is 0 Å². The highest BCUT2D eigenvalue weighted by Gasteiger charge is 2.28. The standard InChI is InChI=1S/C24H28Br2N2O4/c1-15-11-17(7-9-19(15)25)31-13-23(29)27-21-5-3-4-6-22(21)28-24(30)14-32-18-8-10-20(26)16(2)12-18/h7-12,21-22H,3-6,13-14H2,1-2H3,(H,27,29)(H,28,30)/t21-,22-/m0/s1. The number of nitrogens with one attached hydrogen (secondary N) is 2. The molecule has 2 N–H and O–H groups in total. The average Bonchev–Trinajstić information content (AvgIpc) is 2.77. The summed E-state index contributed by atoms with van der Waals surface area (Å²) in [6.07, 6.45) is 3.67. The first-order valence-electron chi connectivity index (χ1n) is 10.7. The molecule has 2 atom stereocenters. The van der Waals surface area contributed by atoms with Crippen LogP contribution in [0.2, 0.25) is 0 Å². The van der Waals surface area contributed by atoms with Crippen LogP contribution in [0.3, 0.4) is 0 Å². The summed E-state index contributed by atoms with van der Waals surface area (Å²) in [5.74, 6) is 0.904. The van der Waals surface area contributed by atoms with Gasteiger partial charge < -0.3 is 20.1 Å². The molecule has 0 radical (unpaired) electrons. The van der Waals surface area contributed by atoms with Gasteiger partial charge in [-0.3, -0.25) is 9.59 Å². The second kappa shape index (κ2) is 11.7. The highest BCUT2D eigenvalue weighted by atomic mass is 79.9. The van der Waals surface area contributed by atoms with Crippen LogP contribution in [0.5, 0.6) is 11.5 Å². The van der Waals surface area contributed by atoms with Crippen LogP contribution < -0.4 is 20.1 Å². The Morgan fingerprint density at radius 2 is 1.22 bits per heavy atom. The van der Waals surface area contributed by atoms with Crippen molar-refractivity contribution in [2.75, 3.05) is 13.2 Å². The van der Waals surface area contributed by atoms with Crippen molar-refractivity contribution >= 4 is 43.7 Å². The van der Waals surface area contributed by atoms with Crippen LogP contribution in [0.4, 0.5) is 0 Å². The van der Waals surface area contributed by atoms with Gasteiger partial charge in [-0.2, -0.15) is 0 Å². The van der Waals surface area contributed by atoms with Crippen LogP contribution in [-0.4, -0.2) is 37.1 Å². The first-order chi connectivity index (χ1) is 15.3. The van der Waals surface area contributed by atoms with Gasteiger partial charge in [-0.15, -0.1) is 0 Å². The van der Waals surface area contributed by atoms with Gasteiger partial charge in [-0.05, 0) is 74.2 Å². The summed E-state index contributed by atoms with van der Waals surface area (Å²) < 4.78 is 13.2. The van der Waals surface area contributed by atoms with Crippen molar-refractivity contribution in [2.24, 2.45) is 0 Å². The lowest BCUT2D eigenvalue weighted by Gasteiger charge is -2.32. The first-order valence-corrected chi connectivity index (χ1v) is 12.3. The highest BCUT2D eigenvalue weighted by molar-refractivity contribution is 9.10. The molecule has 0 spiro atoms. The van der Waals surface area contributed by atoms with E-state index in [0.717, 1.165) is 45.8 Å². The number of carbonyl (C=O) groups excluding carboxylic acids is 2. The van der Waals surface area contributed by atoms with Crippen LogP contribution in [-0.2, 0) is 9.59 Å². The van der Waals surface area contributed by atoms with Gasteiger partial charge in [0.25, 0.3) is 11.8 Å². The molecular formula is C24H28Br2N2O4. The van der Waals surface area contributed by atoms with Crippen LogP contribution in [0.15, 0.2) is 45.3 Å². The largest absolute Gasteiger partial charge is 0.484 e. The van der Waals surface area contributed by atoms with Gasteiger partial charge in [0.1, 0.15) is 11.5 Å². The summed E-state index contributed by atoms with van der Waals surface area (Å²) in [5.41, 5.74) is 2.08. The summed E-state index contributed by atoms with van der Waals surface area (Å²) in [7, 11) is 0. The third-order valence-corrected chi connectivity index (χ3v) is 7.24. The number of hydrogen-bond donors (Lipinski definition) is 2. The fourth-order valence-electron chi connectivity index (χ4n) is 3.68. The molecule has 3 rings (SSSR count). The van der Waals surface area contributed by atoms with Gasteiger partial charge in [0.15, 0.2) is 13.2 Å². The minimum atomic E-state index is -0.196. The summed E-state index contributed by atoms with van der Waals surface area (Å²) >= 11 is 6.90. The van der Waals surface area contributed by atoms with E-state index in [2.05, 4.69) is 42.5 Å². The second-order valence-electron chi connectivity index (χ2n) is 8.03. The van der Waals surface area contributed by atoms with E-state index in [1.54, 1.807) is 0 Å². The number of benzene rings is 2. The van der Waals surface area contributed by atoms with Crippen molar-refractivity contribution in [1.29, 1.82) is 0 Å². The molecule has 1 aliphatic rings. The van der Waals surface area contributed by atoms with Crippen molar-refractivity contribution in [3.8, 4) is 11.5 Å². The molecule has 0 aromatic heterocycles. The zero-order valence-corrected chi connectivity index (χ0v) is 21.4. The summed E-state index contributed by atoms with van der Waals surface area (Å²) in [6, 6.07) is 11.0. The van der Waals surface area contributed by atoms with Crippen molar-refractivity contribution in [3.05, 3.63) is 56.5 Å². The number of rotatable bonds is 8. The van der Waals surface area contributed by atoms with Gasteiger partial charge in [-0.25, -0.2) is 0 Å². The maximum absolute atomic E-state index is 12.5. The van der Waals surface area contributed by atoms with Gasteiger partial charge >= 0.3 is 0 Å². The first kappa shape index (κ1) is 24.6. The van der Waals surface area contributed by atoms with E-state index in [4.69, 9.17) is 9.47 Å². The number of hydrogen-bond acceptors (Lipinski definition) is 4. The van der Waals surface area contributed by atoms with Gasteiger partial charge in [-0.1, -0.05) is 44.7 Å². The third-order valence-electron chi connectivity index (χ3n) is 5.46. The molecular weight excluding hydrogens is 540 g/mol. The lowest BCUT2D eigenvalue weighted by Crippen LogP contribution is -2.54. The van der Waals surface area contributed by atoms with Gasteiger partial charge in [0, 0.05) is 21.0 Å². The highest BCUT2D eigenvalue weighted by Crippen LogP contribution is 2.23. The molecule has 172 valence electrons. The molecule has 1 fully saturated rings. The Balaban J connectivity index is 1.47. The molecule has 2 aromatic carbocycles. The van der Waals surface area contributed by atoms with Crippen molar-refractivity contribution < 1.29 is 19.1 Å². The SMILES string of the molecule is Cc1cc(OCC(=O)N[C@H]2CCCC[C@@H]2NC(=O)COc2ccc(Br)c(C)c2)ccc1Br. The average molecular weight is 568 g/mol. The maximum Gasteiger partial charge on any atom is 0.258 e. The zero-order chi connectivity index (χ0) is 23.1. The van der Waals surface area contributed by atoms with E-state index in [1.165, 1.54) is 0 Å². The fourth-order valence-corrected chi connectivity index (χ4v) is 4.18. The molecule has 0 aliphatic heterocycles. The van der Waals surface area contributed by atoms with Crippen molar-refractivity contribution in [1.82, 2.24) is 10.6 Å². The van der Waals surface area contributed by atoms with E-state index in [9.17, 15) is 9.59 Å². The molecule has 6 nitrogen and oxygen atoms in total. The predicted octanol–water partition coefficient (Wildman–Crippen LogP) is 4.83. The number of carbonyl (C=O) groups is 2. The Labute approximate surface area is 205 Å². The second-order valence-corrected chi connectivity index (χ2v) is 9.74. The normalized spacial score (nSPS) is 18.0. The van der Waals surface area contributed by atoms with E-state index < -0.39 is 0 Å². The van der Waals surface area contributed by atoms with E-state index in [-0.39, 0.29) is 37.1 Å². The lowest BCUT2D eigenvalue weighted by atomic mass is 9.90. The predicted molar refractivity (Wildman–Crippen MR) is 131 cm³/mol. The Morgan fingerprint density at radius 1 is 0.812 bits per heavy atom. The minimum Gasteiger partial charge on any atom is -0.484 e. The Kier molecular flexibility index (Phi) is 8.99. The molecule has 0 unspecified atom stereocenters. The summed E-state index contributed by atoms with van der Waals surface area (Å²) in [4.78, 5) is 24.9. The number of ether oxygens (including phenoxy) is 2. The molecule has 32 heavy (non-hydrogen) atoms. The maximum atomic E-state index is 12.5. The van der Waals surface area contributed by atoms with Crippen LogP contribution in [0.1, 0.15) is 36.8 Å². The number of halogens is 2. The van der Waals surface area contributed by atoms with Crippen LogP contribution >= 0.6 is 31.9 Å². The Bertz CT molecular complexity index is 890. The zero-order valence-electron chi connectivity index (χ0n) is 18.3. The van der Waals surface area contributed by atoms with Gasteiger partial charge in [0.2, 0.25) is 0 Å². The minimum absolute atomic E-state index is 0.0652. The quantitative estimate of drug-likeness (QED) is 0.479. The van der Waals surface area contributed by atoms with E-state index in [1.807, 2.05) is 50.2 Å². The van der Waals surface area contributed by atoms with E-state index >= 15 is 0 Å². The van der Waals surface area contributed by atoms with Crippen molar-refractivity contribution in [3.63, 3.8) is 0 Å². The molecule has 0 heterocycles. The molecule has 1 saturated carbocycles. The number of amides is 2. The summed E-state index contributed by atoms with van der Waals surface area (Å²) in [5, 5.41) is 6.05. The molecule has 2 amide bonds. The smallest absolute Gasteiger partial charge is 0.258 e. The van der Waals surface area contributed by atoms with Gasteiger partial charge in [0.05, 0.1) is 0 Å². The number of aryl methyl sites for hydroxylation is 2. The third kappa shape index (κ3) is 7.24. The molecule has 2 aromatic rings. The lowest BCUT2D eigenvalue weighted by molar-refractivity contribution is -0.127. The fraction of sp³-hybridized carbons (Fsp3) is 0.417. The molecule has 0 saturated heterocycles. The molecule has 8 heteroatoms. The Hall–Kier alpha value is -2.06. The molecule has 1 aliphatic carbocycles. The van der Waals surface area contributed by atoms with E-state index in [0.29, 0.717) is 11.5 Å². The Morgan fingerprint density at radius 3 is 1.59 bits per heavy atom. The molecule has 0 bridgehead atoms. The van der Waals surface area contributed by atoms with Crippen LogP contribution in [0, 0.1) is 13.8 Å². The monoisotopic (exact) mass is 566 g/mol.